The number of aromatic nitrogens is 3. The number of carboxylic acids is 1. The molecule has 6 aromatic carbocycles. The average Bonchev–Trinajstić information content (AvgIpc) is 1.52. The molecule has 14 nitrogen and oxygen atoms in total. The molecule has 88 heavy (non-hydrogen) atoms. The number of alkyl halides is 9. The number of nitriles is 1. The largest absolute Gasteiger partial charge is 0.573 e. The Kier molecular flexibility index (Phi) is 25.1. The smallest absolute Gasteiger partial charge is 0.478 e. The van der Waals surface area contributed by atoms with Crippen LogP contribution in [0.4, 0.5) is 52.7 Å². The SMILES string of the molecule is C.C.N#Cc1cc(=O)n(-c2ccc(OC(F)(F)F)cc2)cc1-c1ccc(F)cc1.NC(=O)c1cc(=O)n(-c2ccc(OC(F)(F)F)cc2)cc1-c1ccc(F)cc1.O=C(O)c1cc(=O)n(-c2ccc(OC(F)(F)F)cc2)cc1-c1ccc(F)cc1.[CH2-]C.[V]. The molecule has 459 valence electrons. The third-order valence-electron chi connectivity index (χ3n) is 11.3. The van der Waals surface area contributed by atoms with Crippen LogP contribution in [0.25, 0.3) is 50.4 Å². The van der Waals surface area contributed by atoms with Crippen LogP contribution in [0.3, 0.4) is 0 Å². The number of carbonyl (C=O) groups is 2. The first kappa shape index (κ1) is 72.0. The Morgan fingerprint density at radius 1 is 0.466 bits per heavy atom. The molecule has 27 heteroatoms. The van der Waals surface area contributed by atoms with Gasteiger partial charge in [0.2, 0.25) is 5.91 Å². The van der Waals surface area contributed by atoms with Crippen molar-refractivity contribution in [1.82, 2.24) is 13.7 Å². The number of benzene rings is 6. The summed E-state index contributed by atoms with van der Waals surface area (Å²) in [7, 11) is 0. The van der Waals surface area contributed by atoms with Crippen molar-refractivity contribution in [3.63, 3.8) is 0 Å². The van der Waals surface area contributed by atoms with Crippen molar-refractivity contribution in [1.29, 1.82) is 5.26 Å². The third kappa shape index (κ3) is 19.7. The molecule has 3 N–H and O–H groups in total. The van der Waals surface area contributed by atoms with E-state index in [-0.39, 0.29) is 78.3 Å². The maximum absolute atomic E-state index is 13.2. The maximum Gasteiger partial charge on any atom is 0.573 e. The zero-order valence-corrected chi connectivity index (χ0v) is 45.0. The molecule has 0 unspecified atom stereocenters. The first-order valence-corrected chi connectivity index (χ1v) is 23.8. The summed E-state index contributed by atoms with van der Waals surface area (Å²) in [5.41, 5.74) is 6.01. The van der Waals surface area contributed by atoms with Gasteiger partial charge in [-0.25, -0.2) is 18.0 Å². The van der Waals surface area contributed by atoms with Gasteiger partial charge in [-0.1, -0.05) is 51.3 Å². The molecule has 9 rings (SSSR count). The van der Waals surface area contributed by atoms with E-state index in [1.807, 2.05) is 6.07 Å². The number of hydrogen-bond acceptors (Lipinski definition) is 9. The van der Waals surface area contributed by atoms with Crippen LogP contribution in [0, 0.1) is 35.7 Å². The summed E-state index contributed by atoms with van der Waals surface area (Å²) < 4.78 is 165. The molecule has 0 fully saturated rings. The van der Waals surface area contributed by atoms with Gasteiger partial charge in [0, 0.05) is 89.1 Å². The van der Waals surface area contributed by atoms with Crippen LogP contribution in [0.5, 0.6) is 17.2 Å². The number of rotatable bonds is 11. The molecule has 1 radical (unpaired) electrons. The number of nitrogens with two attached hydrogens (primary N) is 1. The predicted molar refractivity (Wildman–Crippen MR) is 297 cm³/mol. The molecular formula is C61H46F12N5O9V-. The van der Waals surface area contributed by atoms with Gasteiger partial charge in [0.05, 0.1) is 16.7 Å². The van der Waals surface area contributed by atoms with E-state index in [2.05, 4.69) is 21.1 Å². The van der Waals surface area contributed by atoms with E-state index in [1.54, 1.807) is 6.92 Å². The Balaban J connectivity index is 0.000000335. The summed E-state index contributed by atoms with van der Waals surface area (Å²) >= 11 is 0. The van der Waals surface area contributed by atoms with E-state index in [4.69, 9.17) is 5.73 Å². The Morgan fingerprint density at radius 2 is 0.727 bits per heavy atom. The molecule has 0 atom stereocenters. The van der Waals surface area contributed by atoms with E-state index in [9.17, 15) is 87.0 Å². The molecule has 0 aliphatic heterocycles. The van der Waals surface area contributed by atoms with Crippen molar-refractivity contribution in [2.45, 2.75) is 40.9 Å². The number of carboxylic acid groups (broad SMARTS) is 1. The molecule has 1 amide bonds. The van der Waals surface area contributed by atoms with Gasteiger partial charge in [-0.15, -0.1) is 39.5 Å². The van der Waals surface area contributed by atoms with Crippen molar-refractivity contribution in [3.8, 4) is 73.8 Å². The second kappa shape index (κ2) is 30.7. The summed E-state index contributed by atoms with van der Waals surface area (Å²) in [6, 6.07) is 34.2. The zero-order chi connectivity index (χ0) is 62.6. The fourth-order valence-corrected chi connectivity index (χ4v) is 7.68. The molecule has 0 bridgehead atoms. The number of pyridine rings is 3. The number of ether oxygens (including phenoxy) is 3. The van der Waals surface area contributed by atoms with Crippen LogP contribution in [0.2, 0.25) is 0 Å². The number of carbonyl (C=O) groups excluding carboxylic acids is 1. The molecular weight excluding hydrogens is 1230 g/mol. The topological polar surface area (TPSA) is 198 Å². The summed E-state index contributed by atoms with van der Waals surface area (Å²) in [4.78, 5) is 60.2. The average molecular weight is 1270 g/mol. The van der Waals surface area contributed by atoms with Crippen LogP contribution >= 0.6 is 0 Å². The van der Waals surface area contributed by atoms with Gasteiger partial charge in [0.1, 0.15) is 40.8 Å². The van der Waals surface area contributed by atoms with E-state index in [0.717, 1.165) is 75.9 Å². The third-order valence-corrected chi connectivity index (χ3v) is 11.3. The first-order chi connectivity index (χ1) is 40.0. The van der Waals surface area contributed by atoms with E-state index in [1.165, 1.54) is 120 Å². The summed E-state index contributed by atoms with van der Waals surface area (Å²) in [6.45, 7) is 5.00. The number of amides is 1. The van der Waals surface area contributed by atoms with Gasteiger partial charge in [-0.3, -0.25) is 32.9 Å². The molecule has 0 saturated carbocycles. The Bertz CT molecular complexity index is 3880. The van der Waals surface area contributed by atoms with Gasteiger partial charge in [-0.05, 0) is 126 Å². The number of aromatic carboxylic acids is 1. The summed E-state index contributed by atoms with van der Waals surface area (Å²) in [6.07, 6.45) is -10.6. The van der Waals surface area contributed by atoms with Crippen LogP contribution in [-0.2, 0) is 18.6 Å². The fourth-order valence-electron chi connectivity index (χ4n) is 7.68. The van der Waals surface area contributed by atoms with Gasteiger partial charge >= 0.3 is 25.1 Å². The normalized spacial score (nSPS) is 10.6. The minimum Gasteiger partial charge on any atom is -0.478 e. The minimum absolute atomic E-state index is 0. The second-order valence-corrected chi connectivity index (χ2v) is 16.9. The van der Waals surface area contributed by atoms with E-state index in [0.29, 0.717) is 22.3 Å². The Hall–Kier alpha value is -10.3. The monoisotopic (exact) mass is 1270 g/mol. The Morgan fingerprint density at radius 3 is 1.00 bits per heavy atom. The standard InChI is InChI=1S/C19H12F4N2O3.C19H10F4N2O2.C19H11F4NO4.C2H5.2CH4.V/c20-12-3-1-11(2-4-12)16-10-25(17(26)9-15(16)18(24)27)13-5-7-14(8-6-13)28-19(21,22)23;20-14-3-1-12(2-4-14)17-11-25(18(26)9-13(17)10-24)15-5-7-16(8-6-15)27-19(21,22)23;20-12-3-1-11(2-4-12)16-10-24(17(25)9-15(16)18(26)27)13-5-7-14(8-6-13)28-19(21,22)23;1-2;;;/h1-10H,(H2,24,27);1-9,11H;1-10H,(H,26,27);1H2,2H3;2*1H4;/q;;;-1;;;. The molecule has 0 aliphatic carbocycles. The van der Waals surface area contributed by atoms with Gasteiger partial charge in [0.15, 0.2) is 0 Å². The second-order valence-electron chi connectivity index (χ2n) is 16.9. The molecule has 3 heterocycles. The molecule has 0 saturated heterocycles. The van der Waals surface area contributed by atoms with Gasteiger partial charge < -0.3 is 32.0 Å². The molecule has 0 aliphatic rings. The van der Waals surface area contributed by atoms with Crippen molar-refractivity contribution < 1.29 is 100 Å². The van der Waals surface area contributed by atoms with Crippen LogP contribution < -0.4 is 36.6 Å². The molecule has 3 aromatic heterocycles. The molecule has 9 aromatic rings. The molecule has 0 spiro atoms. The van der Waals surface area contributed by atoms with Crippen LogP contribution in [-0.4, -0.2) is 49.8 Å². The maximum atomic E-state index is 13.2. The first-order valence-electron chi connectivity index (χ1n) is 23.8. The number of primary amides is 1. The number of nitrogens with zero attached hydrogens (tertiary/aromatic N) is 4. The zero-order valence-electron chi connectivity index (χ0n) is 43.6. The van der Waals surface area contributed by atoms with E-state index >= 15 is 0 Å². The summed E-state index contributed by atoms with van der Waals surface area (Å²) in [5, 5.41) is 18.6. The van der Waals surface area contributed by atoms with Crippen LogP contribution in [0.15, 0.2) is 197 Å². The minimum atomic E-state index is -4.85. The van der Waals surface area contributed by atoms with Crippen molar-refractivity contribution in [2.24, 2.45) is 5.73 Å². The number of halogens is 12. The van der Waals surface area contributed by atoms with Gasteiger partial charge in [0.25, 0.3) is 16.7 Å². The fraction of sp³-hybridized carbons (Fsp3) is 0.0984. The van der Waals surface area contributed by atoms with Crippen molar-refractivity contribution in [2.75, 3.05) is 0 Å². The van der Waals surface area contributed by atoms with Crippen LogP contribution in [0.1, 0.15) is 48.1 Å². The number of hydrogen-bond donors (Lipinski definition) is 2. The predicted octanol–water partition coefficient (Wildman–Crippen LogP) is 14.4. The quantitative estimate of drug-likeness (QED) is 0.0928. The summed E-state index contributed by atoms with van der Waals surface area (Å²) in [5.74, 6) is -5.00. The van der Waals surface area contributed by atoms with Crippen molar-refractivity contribution >= 4 is 11.9 Å². The Labute approximate surface area is 504 Å². The van der Waals surface area contributed by atoms with E-state index < -0.39 is 82.3 Å². The van der Waals surface area contributed by atoms with Gasteiger partial charge in [-0.2, -0.15) is 12.2 Å². The van der Waals surface area contributed by atoms with Crippen molar-refractivity contribution in [3.05, 3.63) is 255 Å².